The maximum Gasteiger partial charge on any atom is 0.243 e. The molecule has 1 rings (SSSR count). The maximum absolute atomic E-state index is 11.9. The Balaban J connectivity index is 2.52. The lowest BCUT2D eigenvalue weighted by atomic mass is 10.1. The predicted octanol–water partition coefficient (Wildman–Crippen LogP) is 2.14. The molecule has 1 aromatic rings. The number of nitrogens with one attached hydrogen (secondary N) is 1. The molecule has 0 aliphatic heterocycles. The van der Waals surface area contributed by atoms with Crippen molar-refractivity contribution in [3.63, 3.8) is 0 Å². The van der Waals surface area contributed by atoms with Gasteiger partial charge < -0.3 is 15.0 Å². The second-order valence-electron chi connectivity index (χ2n) is 5.13. The number of anilines is 1. The predicted molar refractivity (Wildman–Crippen MR) is 78.7 cm³/mol. The molecule has 20 heavy (non-hydrogen) atoms. The molecule has 1 aromatic carbocycles. The number of nitrogens with zero attached hydrogens (tertiary/aromatic N) is 1. The molecule has 0 saturated carbocycles. The number of hydrogen-bond acceptors (Lipinski definition) is 3. The van der Waals surface area contributed by atoms with Crippen molar-refractivity contribution in [1.82, 2.24) is 4.90 Å². The molecule has 0 aliphatic carbocycles. The van der Waals surface area contributed by atoms with Crippen LogP contribution in [0.25, 0.3) is 0 Å². The first-order chi connectivity index (χ1) is 9.42. The number of ether oxygens (including phenoxy) is 1. The highest BCUT2D eigenvalue weighted by atomic mass is 16.5. The Morgan fingerprint density at radius 2 is 2.05 bits per heavy atom. The van der Waals surface area contributed by atoms with Gasteiger partial charge in [-0.3, -0.25) is 9.59 Å². The normalized spacial score (nSPS) is 10.2. The lowest BCUT2D eigenvalue weighted by Crippen LogP contribution is -2.35. The standard InChI is InChI=1S/C15H22N2O3/c1-11(2)8-15(19)17(3)10-14(18)16-12-6-5-7-13(9-12)20-4/h5-7,9,11H,8,10H2,1-4H3,(H,16,18). The van der Waals surface area contributed by atoms with Crippen LogP contribution >= 0.6 is 0 Å². The Kier molecular flexibility index (Phi) is 6.03. The molecule has 0 bridgehead atoms. The van der Waals surface area contributed by atoms with Crippen molar-refractivity contribution in [2.45, 2.75) is 20.3 Å². The van der Waals surface area contributed by atoms with Gasteiger partial charge in [0, 0.05) is 25.2 Å². The smallest absolute Gasteiger partial charge is 0.243 e. The van der Waals surface area contributed by atoms with Gasteiger partial charge in [-0.25, -0.2) is 0 Å². The summed E-state index contributed by atoms with van der Waals surface area (Å²) in [5.41, 5.74) is 0.652. The minimum absolute atomic E-state index is 0.0270. The average Bonchev–Trinajstić information content (AvgIpc) is 2.37. The highest BCUT2D eigenvalue weighted by Gasteiger charge is 2.14. The van der Waals surface area contributed by atoms with Gasteiger partial charge in [0.15, 0.2) is 0 Å². The number of benzene rings is 1. The molecular weight excluding hydrogens is 256 g/mol. The van der Waals surface area contributed by atoms with Crippen LogP contribution in [0.3, 0.4) is 0 Å². The van der Waals surface area contributed by atoms with Gasteiger partial charge in [0.25, 0.3) is 0 Å². The summed E-state index contributed by atoms with van der Waals surface area (Å²) >= 11 is 0. The number of carbonyl (C=O) groups is 2. The summed E-state index contributed by atoms with van der Waals surface area (Å²) in [5, 5.41) is 2.74. The van der Waals surface area contributed by atoms with E-state index in [2.05, 4.69) is 5.32 Å². The van der Waals surface area contributed by atoms with E-state index < -0.39 is 0 Å². The third-order valence-electron chi connectivity index (χ3n) is 2.74. The van der Waals surface area contributed by atoms with E-state index in [0.717, 1.165) is 0 Å². The van der Waals surface area contributed by atoms with Crippen molar-refractivity contribution in [3.8, 4) is 5.75 Å². The quantitative estimate of drug-likeness (QED) is 0.867. The highest BCUT2D eigenvalue weighted by molar-refractivity contribution is 5.94. The molecular formula is C15H22N2O3. The van der Waals surface area contributed by atoms with Crippen molar-refractivity contribution in [2.75, 3.05) is 26.0 Å². The zero-order chi connectivity index (χ0) is 15.1. The Morgan fingerprint density at radius 1 is 1.35 bits per heavy atom. The maximum atomic E-state index is 11.9. The van der Waals surface area contributed by atoms with Gasteiger partial charge in [-0.2, -0.15) is 0 Å². The molecule has 0 fully saturated rings. The number of amides is 2. The molecule has 1 N–H and O–H groups in total. The molecule has 0 aromatic heterocycles. The molecule has 0 spiro atoms. The fraction of sp³-hybridized carbons (Fsp3) is 0.467. The van der Waals surface area contributed by atoms with Crippen LogP contribution in [0.1, 0.15) is 20.3 Å². The fourth-order valence-electron chi connectivity index (χ4n) is 1.71. The van der Waals surface area contributed by atoms with Gasteiger partial charge in [-0.1, -0.05) is 19.9 Å². The van der Waals surface area contributed by atoms with Gasteiger partial charge in [-0.05, 0) is 18.1 Å². The molecule has 2 amide bonds. The van der Waals surface area contributed by atoms with Gasteiger partial charge in [-0.15, -0.1) is 0 Å². The van der Waals surface area contributed by atoms with Crippen LogP contribution in [0, 0.1) is 5.92 Å². The van der Waals surface area contributed by atoms with Crippen molar-refractivity contribution in [1.29, 1.82) is 0 Å². The second-order valence-corrected chi connectivity index (χ2v) is 5.13. The summed E-state index contributed by atoms with van der Waals surface area (Å²) in [6.07, 6.45) is 0.447. The number of rotatable bonds is 6. The van der Waals surface area contributed by atoms with Crippen LogP contribution in [0.4, 0.5) is 5.69 Å². The first-order valence-corrected chi connectivity index (χ1v) is 6.60. The Bertz CT molecular complexity index is 472. The topological polar surface area (TPSA) is 58.6 Å². The first kappa shape index (κ1) is 16.0. The van der Waals surface area contributed by atoms with Crippen LogP contribution in [-0.4, -0.2) is 37.4 Å². The third kappa shape index (κ3) is 5.30. The molecule has 0 heterocycles. The van der Waals surface area contributed by atoms with E-state index in [1.54, 1.807) is 38.4 Å². The fourth-order valence-corrected chi connectivity index (χ4v) is 1.71. The lowest BCUT2D eigenvalue weighted by molar-refractivity contribution is -0.133. The van der Waals surface area contributed by atoms with Crippen LogP contribution in [0.15, 0.2) is 24.3 Å². The zero-order valence-electron chi connectivity index (χ0n) is 12.5. The Morgan fingerprint density at radius 3 is 2.65 bits per heavy atom. The van der Waals surface area contributed by atoms with Gasteiger partial charge >= 0.3 is 0 Å². The van der Waals surface area contributed by atoms with E-state index in [1.807, 2.05) is 13.8 Å². The van der Waals surface area contributed by atoms with E-state index in [-0.39, 0.29) is 24.3 Å². The van der Waals surface area contributed by atoms with E-state index in [4.69, 9.17) is 4.74 Å². The van der Waals surface area contributed by atoms with E-state index >= 15 is 0 Å². The molecule has 0 atom stereocenters. The lowest BCUT2D eigenvalue weighted by Gasteiger charge is -2.18. The van der Waals surface area contributed by atoms with Crippen molar-refractivity contribution >= 4 is 17.5 Å². The molecule has 0 aliphatic rings. The minimum atomic E-state index is -0.224. The average molecular weight is 278 g/mol. The summed E-state index contributed by atoms with van der Waals surface area (Å²) in [7, 11) is 3.20. The first-order valence-electron chi connectivity index (χ1n) is 6.60. The van der Waals surface area contributed by atoms with E-state index in [1.165, 1.54) is 4.90 Å². The SMILES string of the molecule is COc1cccc(NC(=O)CN(C)C(=O)CC(C)C)c1. The van der Waals surface area contributed by atoms with Crippen LogP contribution in [0.2, 0.25) is 0 Å². The minimum Gasteiger partial charge on any atom is -0.497 e. The summed E-state index contributed by atoms with van der Waals surface area (Å²) in [4.78, 5) is 25.1. The zero-order valence-corrected chi connectivity index (χ0v) is 12.5. The summed E-state index contributed by atoms with van der Waals surface area (Å²) in [6, 6.07) is 7.10. The van der Waals surface area contributed by atoms with Crippen molar-refractivity contribution in [3.05, 3.63) is 24.3 Å². The van der Waals surface area contributed by atoms with Crippen LogP contribution in [-0.2, 0) is 9.59 Å². The van der Waals surface area contributed by atoms with Gasteiger partial charge in [0.2, 0.25) is 11.8 Å². The molecule has 0 radical (unpaired) electrons. The van der Waals surface area contributed by atoms with Crippen LogP contribution in [0.5, 0.6) is 5.75 Å². The number of carbonyl (C=O) groups excluding carboxylic acids is 2. The van der Waals surface area contributed by atoms with Crippen molar-refractivity contribution in [2.24, 2.45) is 5.92 Å². The largest absolute Gasteiger partial charge is 0.497 e. The van der Waals surface area contributed by atoms with E-state index in [0.29, 0.717) is 17.9 Å². The number of hydrogen-bond donors (Lipinski definition) is 1. The molecule has 0 saturated heterocycles. The third-order valence-corrected chi connectivity index (χ3v) is 2.74. The highest BCUT2D eigenvalue weighted by Crippen LogP contribution is 2.16. The monoisotopic (exact) mass is 278 g/mol. The summed E-state index contributed by atoms with van der Waals surface area (Å²) in [6.45, 7) is 3.99. The number of methoxy groups -OCH3 is 1. The summed E-state index contributed by atoms with van der Waals surface area (Å²) < 4.78 is 5.08. The molecule has 110 valence electrons. The number of likely N-dealkylation sites (N-methyl/N-ethyl adjacent to an activating group) is 1. The Hall–Kier alpha value is -2.04. The molecule has 0 unspecified atom stereocenters. The second kappa shape index (κ2) is 7.53. The Labute approximate surface area is 119 Å². The molecule has 5 nitrogen and oxygen atoms in total. The van der Waals surface area contributed by atoms with E-state index in [9.17, 15) is 9.59 Å². The van der Waals surface area contributed by atoms with Crippen LogP contribution < -0.4 is 10.1 Å². The molecule has 5 heteroatoms. The summed E-state index contributed by atoms with van der Waals surface area (Å²) in [5.74, 6) is 0.706. The van der Waals surface area contributed by atoms with Gasteiger partial charge in [0.1, 0.15) is 5.75 Å². The van der Waals surface area contributed by atoms with Gasteiger partial charge in [0.05, 0.1) is 13.7 Å². The van der Waals surface area contributed by atoms with Crippen molar-refractivity contribution < 1.29 is 14.3 Å².